The molecule has 23 heavy (non-hydrogen) atoms. The summed E-state index contributed by atoms with van der Waals surface area (Å²) < 4.78 is 26.6. The lowest BCUT2D eigenvalue weighted by molar-refractivity contribution is -0.385. The lowest BCUT2D eigenvalue weighted by Crippen LogP contribution is -2.43. The van der Waals surface area contributed by atoms with E-state index in [2.05, 4.69) is 0 Å². The molecule has 1 aromatic carbocycles. The first-order valence-corrected chi connectivity index (χ1v) is 8.55. The van der Waals surface area contributed by atoms with Crippen molar-refractivity contribution in [2.24, 2.45) is 5.92 Å². The number of nitro benzene ring substituents is 1. The second-order valence-corrected chi connectivity index (χ2v) is 7.57. The molecule has 126 valence electrons. The normalized spacial score (nSPS) is 17.1. The molecule has 1 aromatic rings. The predicted octanol–water partition coefficient (Wildman–Crippen LogP) is 0.362. The van der Waals surface area contributed by atoms with Crippen molar-refractivity contribution in [1.82, 2.24) is 4.31 Å². The molecule has 0 radical (unpaired) electrons. The van der Waals surface area contributed by atoms with E-state index in [0.29, 0.717) is 11.1 Å². The summed E-state index contributed by atoms with van der Waals surface area (Å²) in [6.07, 6.45) is 0.350. The Morgan fingerprint density at radius 1 is 1.22 bits per heavy atom. The Kier molecular flexibility index (Phi) is 4.71. The van der Waals surface area contributed by atoms with Crippen LogP contribution >= 0.6 is 0 Å². The van der Waals surface area contributed by atoms with Crippen molar-refractivity contribution < 1.29 is 23.2 Å². The molecule has 0 spiro atoms. The van der Waals surface area contributed by atoms with Gasteiger partial charge in [0.15, 0.2) is 0 Å². The third-order valence-corrected chi connectivity index (χ3v) is 6.14. The Morgan fingerprint density at radius 2 is 1.78 bits per heavy atom. The van der Waals surface area contributed by atoms with Crippen LogP contribution in [0.1, 0.15) is 24.0 Å². The minimum absolute atomic E-state index is 0.0576. The van der Waals surface area contributed by atoms with Gasteiger partial charge in [0.1, 0.15) is 0 Å². The first-order valence-electron chi connectivity index (χ1n) is 7.11. The van der Waals surface area contributed by atoms with E-state index < -0.39 is 26.8 Å². The third-order valence-electron chi connectivity index (χ3n) is 4.10. The number of hydrogen-bond acceptors (Lipinski definition) is 6. The van der Waals surface area contributed by atoms with Crippen molar-refractivity contribution in [1.29, 1.82) is 0 Å². The number of piperidine rings is 1. The number of carboxylic acid groups (broad SMARTS) is 1. The SMILES string of the molecule is Cc1cc(C)c(S(=O)(=O)N2CCC(C(=O)[O-])CC2)cc1[N+](=O)[O-]. The van der Waals surface area contributed by atoms with Crippen molar-refractivity contribution >= 4 is 21.7 Å². The summed E-state index contributed by atoms with van der Waals surface area (Å²) in [5, 5.41) is 21.9. The maximum absolute atomic E-state index is 12.7. The van der Waals surface area contributed by atoms with Crippen LogP contribution in [0.25, 0.3) is 0 Å². The Balaban J connectivity index is 2.36. The summed E-state index contributed by atoms with van der Waals surface area (Å²) in [6.45, 7) is 3.24. The molecule has 1 saturated heterocycles. The minimum Gasteiger partial charge on any atom is -0.550 e. The van der Waals surface area contributed by atoms with Gasteiger partial charge in [0.2, 0.25) is 10.0 Å². The average molecular weight is 341 g/mol. The molecule has 1 aliphatic heterocycles. The van der Waals surface area contributed by atoms with Crippen molar-refractivity contribution in [2.45, 2.75) is 31.6 Å². The topological polar surface area (TPSA) is 121 Å². The molecule has 0 amide bonds. The van der Waals surface area contributed by atoms with Crippen LogP contribution < -0.4 is 5.11 Å². The van der Waals surface area contributed by atoms with Crippen molar-refractivity contribution in [3.05, 3.63) is 33.4 Å². The van der Waals surface area contributed by atoms with E-state index in [1.165, 1.54) is 10.4 Å². The summed E-state index contributed by atoms with van der Waals surface area (Å²) in [6, 6.07) is 2.55. The van der Waals surface area contributed by atoms with Gasteiger partial charge in [-0.1, -0.05) is 0 Å². The monoisotopic (exact) mass is 341 g/mol. The van der Waals surface area contributed by atoms with Crippen LogP contribution in [0.3, 0.4) is 0 Å². The molecule has 9 heteroatoms. The second-order valence-electron chi connectivity index (χ2n) is 5.66. The molecule has 0 unspecified atom stereocenters. The van der Waals surface area contributed by atoms with Gasteiger partial charge in [-0.3, -0.25) is 10.1 Å². The minimum atomic E-state index is -3.90. The van der Waals surface area contributed by atoms with E-state index in [1.54, 1.807) is 13.8 Å². The van der Waals surface area contributed by atoms with E-state index >= 15 is 0 Å². The lowest BCUT2D eigenvalue weighted by atomic mass is 9.99. The molecule has 0 aliphatic carbocycles. The van der Waals surface area contributed by atoms with Gasteiger partial charge in [0.25, 0.3) is 5.69 Å². The van der Waals surface area contributed by atoms with Crippen molar-refractivity contribution in [2.75, 3.05) is 13.1 Å². The number of aryl methyl sites for hydroxylation is 2. The quantitative estimate of drug-likeness (QED) is 0.576. The first kappa shape index (κ1) is 17.4. The number of carbonyl (C=O) groups is 1. The van der Waals surface area contributed by atoms with Gasteiger partial charge in [-0.2, -0.15) is 4.31 Å². The average Bonchev–Trinajstić information content (AvgIpc) is 2.46. The number of benzene rings is 1. The van der Waals surface area contributed by atoms with E-state index in [-0.39, 0.29) is 36.5 Å². The highest BCUT2D eigenvalue weighted by atomic mass is 32.2. The van der Waals surface area contributed by atoms with Crippen molar-refractivity contribution in [3.8, 4) is 0 Å². The second kappa shape index (κ2) is 6.25. The number of rotatable bonds is 4. The highest BCUT2D eigenvalue weighted by Gasteiger charge is 2.32. The first-order chi connectivity index (χ1) is 10.6. The Morgan fingerprint density at radius 3 is 2.26 bits per heavy atom. The molecule has 1 aliphatic rings. The smallest absolute Gasteiger partial charge is 0.273 e. The molecule has 0 bridgehead atoms. The van der Waals surface area contributed by atoms with Crippen LogP contribution in [0.15, 0.2) is 17.0 Å². The van der Waals surface area contributed by atoms with E-state index in [9.17, 15) is 28.4 Å². The molecule has 0 aromatic heterocycles. The number of hydrogen-bond donors (Lipinski definition) is 0. The van der Waals surface area contributed by atoms with Gasteiger partial charge in [-0.25, -0.2) is 8.42 Å². The third kappa shape index (κ3) is 3.35. The molecule has 0 atom stereocenters. The number of carbonyl (C=O) groups excluding carboxylic acids is 1. The Bertz CT molecular complexity index is 751. The van der Waals surface area contributed by atoms with Crippen LogP contribution in [-0.2, 0) is 14.8 Å². The fourth-order valence-corrected chi connectivity index (χ4v) is 4.46. The summed E-state index contributed by atoms with van der Waals surface area (Å²) in [7, 11) is -3.90. The molecule has 8 nitrogen and oxygen atoms in total. The Labute approximate surface area is 133 Å². The summed E-state index contributed by atoms with van der Waals surface area (Å²) in [5.41, 5.74) is 0.566. The standard InChI is InChI=1S/C14H18N2O6S/c1-9-7-10(2)13(8-12(9)16(19)20)23(21,22)15-5-3-11(4-6-15)14(17)18/h7-8,11H,3-6H2,1-2H3,(H,17,18)/p-1. The maximum Gasteiger partial charge on any atom is 0.273 e. The fourth-order valence-electron chi connectivity index (χ4n) is 2.77. The van der Waals surface area contributed by atoms with Gasteiger partial charge in [0.05, 0.1) is 9.82 Å². The number of sulfonamides is 1. The zero-order valence-electron chi connectivity index (χ0n) is 12.8. The van der Waals surface area contributed by atoms with Crippen LogP contribution in [-0.4, -0.2) is 36.7 Å². The molecule has 0 N–H and O–H groups in total. The largest absolute Gasteiger partial charge is 0.550 e. The number of nitro groups is 1. The summed E-state index contributed by atoms with van der Waals surface area (Å²) in [5.74, 6) is -1.83. The van der Waals surface area contributed by atoms with Gasteiger partial charge in [-0.15, -0.1) is 0 Å². The highest BCUT2D eigenvalue weighted by Crippen LogP contribution is 2.30. The van der Waals surface area contributed by atoms with Crippen LogP contribution in [0.2, 0.25) is 0 Å². The van der Waals surface area contributed by atoms with Gasteiger partial charge >= 0.3 is 0 Å². The summed E-state index contributed by atoms with van der Waals surface area (Å²) >= 11 is 0. The van der Waals surface area contributed by atoms with Gasteiger partial charge < -0.3 is 9.90 Å². The molecular formula is C14H17N2O6S-. The molecular weight excluding hydrogens is 324 g/mol. The van der Waals surface area contributed by atoms with Gasteiger partial charge in [0, 0.05) is 36.6 Å². The zero-order chi connectivity index (χ0) is 17.4. The molecule has 2 rings (SSSR count). The summed E-state index contributed by atoms with van der Waals surface area (Å²) in [4.78, 5) is 21.1. The van der Waals surface area contributed by atoms with Crippen LogP contribution in [0, 0.1) is 29.9 Å². The lowest BCUT2D eigenvalue weighted by Gasteiger charge is -2.31. The van der Waals surface area contributed by atoms with Crippen molar-refractivity contribution in [3.63, 3.8) is 0 Å². The highest BCUT2D eigenvalue weighted by molar-refractivity contribution is 7.89. The zero-order valence-corrected chi connectivity index (χ0v) is 13.6. The molecule has 0 saturated carbocycles. The van der Waals surface area contributed by atoms with E-state index in [4.69, 9.17) is 0 Å². The number of nitrogens with zero attached hydrogens (tertiary/aromatic N) is 2. The number of carboxylic acids is 1. The number of aliphatic carboxylic acids is 1. The molecule has 1 fully saturated rings. The predicted molar refractivity (Wildman–Crippen MR) is 79.1 cm³/mol. The van der Waals surface area contributed by atoms with E-state index in [1.807, 2.05) is 0 Å². The maximum atomic E-state index is 12.7. The fraction of sp³-hybridized carbons (Fsp3) is 0.500. The van der Waals surface area contributed by atoms with Gasteiger partial charge in [-0.05, 0) is 38.3 Å². The van der Waals surface area contributed by atoms with Crippen LogP contribution in [0.4, 0.5) is 5.69 Å². The Hall–Kier alpha value is -2.00. The van der Waals surface area contributed by atoms with E-state index in [0.717, 1.165) is 6.07 Å². The van der Waals surface area contributed by atoms with Crippen LogP contribution in [0.5, 0.6) is 0 Å². The molecule has 1 heterocycles.